The minimum Gasteiger partial charge on any atom is -0.493 e. The maximum absolute atomic E-state index is 12.5. The predicted octanol–water partition coefficient (Wildman–Crippen LogP) is 4.77. The average Bonchev–Trinajstić information content (AvgIpc) is 2.68. The number of hydrogen-bond acceptors (Lipinski definition) is 5. The molecule has 2 aromatic rings. The summed E-state index contributed by atoms with van der Waals surface area (Å²) in [6, 6.07) is 9.53. The number of nitrogens with one attached hydrogen (secondary N) is 1. The number of ether oxygens (including phenoxy) is 2. The maximum Gasteiger partial charge on any atom is 0.341 e. The standard InChI is InChI=1S/C19H13BrCl2N2O5/c1-28-15-6-10(12(20)7-16(15)29-9-17(25)26)5-11(8-23)19(27)24-14-4-2-3-13(21)18(14)22/h2-7H,9H2,1H3,(H,24,27)(H,25,26)/b11-5-. The Kier molecular flexibility index (Phi) is 7.91. The minimum absolute atomic E-state index is 0.155. The molecule has 150 valence electrons. The van der Waals surface area contributed by atoms with Crippen LogP contribution in [0.5, 0.6) is 11.5 Å². The molecule has 10 heteroatoms. The van der Waals surface area contributed by atoms with Crippen LogP contribution >= 0.6 is 39.1 Å². The molecule has 2 N–H and O–H groups in total. The highest BCUT2D eigenvalue weighted by atomic mass is 79.9. The summed E-state index contributed by atoms with van der Waals surface area (Å²) in [5, 5.41) is 21.1. The Bertz CT molecular complexity index is 1030. The molecule has 0 saturated heterocycles. The molecule has 1 amide bonds. The number of carbonyl (C=O) groups is 2. The number of nitriles is 1. The monoisotopic (exact) mass is 498 g/mol. The molecule has 0 aliphatic carbocycles. The van der Waals surface area contributed by atoms with E-state index in [4.69, 9.17) is 37.8 Å². The number of amides is 1. The lowest BCUT2D eigenvalue weighted by molar-refractivity contribution is -0.139. The zero-order valence-corrected chi connectivity index (χ0v) is 17.9. The van der Waals surface area contributed by atoms with Crippen molar-refractivity contribution in [2.75, 3.05) is 19.0 Å². The molecule has 0 aliphatic rings. The second-order valence-electron chi connectivity index (χ2n) is 5.43. The van der Waals surface area contributed by atoms with E-state index in [1.165, 1.54) is 25.3 Å². The first-order valence-electron chi connectivity index (χ1n) is 7.86. The van der Waals surface area contributed by atoms with Crippen LogP contribution in [0.15, 0.2) is 40.4 Å². The lowest BCUT2D eigenvalue weighted by Crippen LogP contribution is -2.14. The predicted molar refractivity (Wildman–Crippen MR) is 113 cm³/mol. The first-order valence-corrected chi connectivity index (χ1v) is 9.41. The molecule has 0 radical (unpaired) electrons. The van der Waals surface area contributed by atoms with Gasteiger partial charge in [-0.05, 0) is 35.9 Å². The van der Waals surface area contributed by atoms with Crippen LogP contribution < -0.4 is 14.8 Å². The molecular weight excluding hydrogens is 487 g/mol. The van der Waals surface area contributed by atoms with Gasteiger partial charge in [0.15, 0.2) is 18.1 Å². The van der Waals surface area contributed by atoms with Crippen LogP contribution in [0.25, 0.3) is 6.08 Å². The van der Waals surface area contributed by atoms with Crippen molar-refractivity contribution >= 4 is 62.8 Å². The molecule has 29 heavy (non-hydrogen) atoms. The number of anilines is 1. The minimum atomic E-state index is -1.14. The van der Waals surface area contributed by atoms with Crippen LogP contribution in [0.3, 0.4) is 0 Å². The van der Waals surface area contributed by atoms with Gasteiger partial charge in [0.2, 0.25) is 0 Å². The lowest BCUT2D eigenvalue weighted by Gasteiger charge is -2.12. The normalized spacial score (nSPS) is 10.8. The van der Waals surface area contributed by atoms with E-state index in [1.807, 2.05) is 6.07 Å². The maximum atomic E-state index is 12.5. The molecule has 2 aromatic carbocycles. The molecule has 0 heterocycles. The number of carbonyl (C=O) groups excluding carboxylic acids is 1. The summed E-state index contributed by atoms with van der Waals surface area (Å²) in [7, 11) is 1.38. The van der Waals surface area contributed by atoms with E-state index in [9.17, 15) is 14.9 Å². The number of benzene rings is 2. The third-order valence-corrected chi connectivity index (χ3v) is 5.00. The highest BCUT2D eigenvalue weighted by Gasteiger charge is 2.16. The van der Waals surface area contributed by atoms with Crippen molar-refractivity contribution in [3.8, 4) is 17.6 Å². The highest BCUT2D eigenvalue weighted by Crippen LogP contribution is 2.35. The quantitative estimate of drug-likeness (QED) is 0.419. The SMILES string of the molecule is COc1cc(/C=C(/C#N)C(=O)Nc2cccc(Cl)c2Cl)c(Br)cc1OCC(=O)O. The van der Waals surface area contributed by atoms with Gasteiger partial charge in [-0.15, -0.1) is 0 Å². The number of carboxylic acid groups (broad SMARTS) is 1. The first kappa shape index (κ1) is 22.6. The van der Waals surface area contributed by atoms with E-state index in [1.54, 1.807) is 18.2 Å². The Balaban J connectivity index is 2.34. The molecule has 0 bridgehead atoms. The summed E-state index contributed by atoms with van der Waals surface area (Å²) < 4.78 is 10.8. The van der Waals surface area contributed by atoms with E-state index in [0.29, 0.717) is 10.0 Å². The van der Waals surface area contributed by atoms with Gasteiger partial charge in [-0.3, -0.25) is 4.79 Å². The summed E-state index contributed by atoms with van der Waals surface area (Å²) in [6.07, 6.45) is 1.33. The molecular formula is C19H13BrCl2N2O5. The van der Waals surface area contributed by atoms with E-state index in [0.717, 1.165) is 0 Å². The van der Waals surface area contributed by atoms with Crippen molar-refractivity contribution in [2.24, 2.45) is 0 Å². The van der Waals surface area contributed by atoms with Crippen molar-refractivity contribution in [1.82, 2.24) is 0 Å². The second kappa shape index (κ2) is 10.2. The molecule has 0 spiro atoms. The Hall–Kier alpha value is -2.73. The van der Waals surface area contributed by atoms with Crippen LogP contribution in [0, 0.1) is 11.3 Å². The van der Waals surface area contributed by atoms with Crippen LogP contribution in [0.4, 0.5) is 5.69 Å². The Labute approximate surface area is 184 Å². The van der Waals surface area contributed by atoms with Gasteiger partial charge < -0.3 is 19.9 Å². The number of rotatable bonds is 7. The van der Waals surface area contributed by atoms with Gasteiger partial charge >= 0.3 is 5.97 Å². The number of nitrogens with zero attached hydrogens (tertiary/aromatic N) is 1. The largest absolute Gasteiger partial charge is 0.493 e. The van der Waals surface area contributed by atoms with Crippen molar-refractivity contribution in [1.29, 1.82) is 5.26 Å². The van der Waals surface area contributed by atoms with Crippen molar-refractivity contribution < 1.29 is 24.2 Å². The van der Waals surface area contributed by atoms with Gasteiger partial charge in [0.25, 0.3) is 5.91 Å². The van der Waals surface area contributed by atoms with Gasteiger partial charge in [0.1, 0.15) is 11.6 Å². The Morgan fingerprint density at radius 2 is 2.03 bits per heavy atom. The van der Waals surface area contributed by atoms with Gasteiger partial charge in [-0.2, -0.15) is 5.26 Å². The van der Waals surface area contributed by atoms with Crippen LogP contribution in [-0.4, -0.2) is 30.7 Å². The van der Waals surface area contributed by atoms with Crippen molar-refractivity contribution in [3.05, 3.63) is 56.0 Å². The first-order chi connectivity index (χ1) is 13.8. The van der Waals surface area contributed by atoms with Gasteiger partial charge in [-0.1, -0.05) is 45.2 Å². The summed E-state index contributed by atoms with van der Waals surface area (Å²) in [5.41, 5.74) is 0.496. The van der Waals surface area contributed by atoms with Gasteiger partial charge in [0.05, 0.1) is 22.8 Å². The van der Waals surface area contributed by atoms with Crippen molar-refractivity contribution in [3.63, 3.8) is 0 Å². The summed E-state index contributed by atoms with van der Waals surface area (Å²) in [6.45, 7) is -0.551. The molecule has 0 saturated carbocycles. The number of hydrogen-bond donors (Lipinski definition) is 2. The number of carboxylic acids is 1. The molecule has 2 rings (SSSR count). The van der Waals surface area contributed by atoms with E-state index >= 15 is 0 Å². The molecule has 0 fully saturated rings. The van der Waals surface area contributed by atoms with Crippen LogP contribution in [-0.2, 0) is 9.59 Å². The van der Waals surface area contributed by atoms with Crippen LogP contribution in [0.2, 0.25) is 10.0 Å². The molecule has 0 atom stereocenters. The lowest BCUT2D eigenvalue weighted by atomic mass is 10.1. The fourth-order valence-electron chi connectivity index (χ4n) is 2.17. The molecule has 0 unspecified atom stereocenters. The van der Waals surface area contributed by atoms with E-state index < -0.39 is 18.5 Å². The van der Waals surface area contributed by atoms with Gasteiger partial charge in [-0.25, -0.2) is 4.79 Å². The highest BCUT2D eigenvalue weighted by molar-refractivity contribution is 9.10. The average molecular weight is 500 g/mol. The second-order valence-corrected chi connectivity index (χ2v) is 7.07. The molecule has 0 aliphatic heterocycles. The number of methoxy groups -OCH3 is 1. The number of halogens is 3. The fraction of sp³-hybridized carbons (Fsp3) is 0.105. The Morgan fingerprint density at radius 3 is 2.66 bits per heavy atom. The third-order valence-electron chi connectivity index (χ3n) is 3.50. The summed E-state index contributed by atoms with van der Waals surface area (Å²) in [5.74, 6) is -1.41. The van der Waals surface area contributed by atoms with Gasteiger partial charge in [0, 0.05) is 4.47 Å². The fourth-order valence-corrected chi connectivity index (χ4v) is 2.95. The smallest absolute Gasteiger partial charge is 0.341 e. The van der Waals surface area contributed by atoms with Crippen molar-refractivity contribution in [2.45, 2.75) is 0 Å². The zero-order valence-electron chi connectivity index (χ0n) is 14.8. The zero-order chi connectivity index (χ0) is 21.6. The molecule has 0 aromatic heterocycles. The Morgan fingerprint density at radius 1 is 1.31 bits per heavy atom. The summed E-state index contributed by atoms with van der Waals surface area (Å²) >= 11 is 15.3. The summed E-state index contributed by atoms with van der Waals surface area (Å²) in [4.78, 5) is 23.2. The topological polar surface area (TPSA) is 109 Å². The van der Waals surface area contributed by atoms with Crippen LogP contribution in [0.1, 0.15) is 5.56 Å². The number of aliphatic carboxylic acids is 1. The van der Waals surface area contributed by atoms with E-state index in [-0.39, 0.29) is 32.8 Å². The van der Waals surface area contributed by atoms with E-state index in [2.05, 4.69) is 21.2 Å². The third kappa shape index (κ3) is 5.87. The molecule has 7 nitrogen and oxygen atoms in total.